The van der Waals surface area contributed by atoms with E-state index in [1.807, 2.05) is 36.4 Å². The van der Waals surface area contributed by atoms with Crippen molar-refractivity contribution in [3.63, 3.8) is 0 Å². The first kappa shape index (κ1) is 23.2. The molecule has 3 rings (SSSR count). The van der Waals surface area contributed by atoms with Crippen LogP contribution in [0.2, 0.25) is 0 Å². The molecule has 0 bridgehead atoms. The van der Waals surface area contributed by atoms with Crippen LogP contribution in [0.3, 0.4) is 0 Å². The summed E-state index contributed by atoms with van der Waals surface area (Å²) in [4.78, 5) is 2.16. The summed E-state index contributed by atoms with van der Waals surface area (Å²) in [6.45, 7) is 7.01. The van der Waals surface area contributed by atoms with Crippen LogP contribution < -0.4 is 18.9 Å². The topological polar surface area (TPSA) is 69.6 Å². The summed E-state index contributed by atoms with van der Waals surface area (Å²) in [6, 6.07) is 11.8. The Morgan fingerprint density at radius 2 is 1.81 bits per heavy atom. The van der Waals surface area contributed by atoms with Crippen LogP contribution in [-0.2, 0) is 17.8 Å². The zero-order valence-electron chi connectivity index (χ0n) is 18.8. The van der Waals surface area contributed by atoms with Crippen LogP contribution in [0.1, 0.15) is 25.0 Å². The molecule has 1 aliphatic heterocycles. The predicted molar refractivity (Wildman–Crippen MR) is 118 cm³/mol. The Morgan fingerprint density at radius 3 is 2.55 bits per heavy atom. The molecule has 7 nitrogen and oxygen atoms in total. The van der Waals surface area contributed by atoms with Gasteiger partial charge in [-0.1, -0.05) is 32.0 Å². The summed E-state index contributed by atoms with van der Waals surface area (Å²) in [6.07, 6.45) is -0.607. The van der Waals surface area contributed by atoms with Gasteiger partial charge in [0.05, 0.1) is 26.9 Å². The minimum atomic E-state index is -0.607. The Morgan fingerprint density at radius 1 is 1.00 bits per heavy atom. The number of fused-ring (bicyclic) bond motifs is 1. The number of nitrogens with zero attached hydrogens (tertiary/aromatic N) is 1. The molecule has 0 spiro atoms. The molecule has 0 fully saturated rings. The van der Waals surface area contributed by atoms with Crippen molar-refractivity contribution in [2.24, 2.45) is 5.92 Å². The van der Waals surface area contributed by atoms with Crippen molar-refractivity contribution in [2.45, 2.75) is 33.0 Å². The quantitative estimate of drug-likeness (QED) is 0.552. The first-order valence-corrected chi connectivity index (χ1v) is 10.6. The van der Waals surface area contributed by atoms with E-state index in [9.17, 15) is 5.11 Å². The lowest BCUT2D eigenvalue weighted by Gasteiger charge is -2.26. The minimum Gasteiger partial charge on any atom is -0.493 e. The van der Waals surface area contributed by atoms with E-state index >= 15 is 0 Å². The van der Waals surface area contributed by atoms with Gasteiger partial charge in [-0.25, -0.2) is 0 Å². The molecule has 1 heterocycles. The standard InChI is InChI=1S/C24H33NO6/c1-17(2)14-29-15-20(26)13-25(11-18-8-9-21-23(10-18)31-16-30-21)12-19-6-5-7-22(27-3)24(19)28-4/h5-10,17,20,26H,11-16H2,1-4H3. The van der Waals surface area contributed by atoms with Crippen molar-refractivity contribution < 1.29 is 28.8 Å². The van der Waals surface area contributed by atoms with Gasteiger partial charge in [0.2, 0.25) is 6.79 Å². The molecule has 0 aliphatic carbocycles. The number of para-hydroxylation sites is 1. The number of benzene rings is 2. The van der Waals surface area contributed by atoms with Gasteiger partial charge in [-0.05, 0) is 29.7 Å². The molecule has 1 atom stereocenters. The average molecular weight is 432 g/mol. The molecule has 2 aromatic carbocycles. The molecule has 0 saturated carbocycles. The predicted octanol–water partition coefficient (Wildman–Crippen LogP) is 3.47. The van der Waals surface area contributed by atoms with Crippen LogP contribution in [0.25, 0.3) is 0 Å². The van der Waals surface area contributed by atoms with E-state index in [1.165, 1.54) is 0 Å². The molecule has 0 amide bonds. The lowest BCUT2D eigenvalue weighted by molar-refractivity contribution is 0.00543. The fourth-order valence-corrected chi connectivity index (χ4v) is 3.59. The third-order valence-corrected chi connectivity index (χ3v) is 4.95. The Hall–Kier alpha value is -2.48. The molecule has 1 aliphatic rings. The second-order valence-corrected chi connectivity index (χ2v) is 8.10. The van der Waals surface area contributed by atoms with Crippen molar-refractivity contribution >= 4 is 0 Å². The molecule has 2 aromatic rings. The molecule has 0 radical (unpaired) electrons. The van der Waals surface area contributed by atoms with Crippen molar-refractivity contribution in [1.82, 2.24) is 4.90 Å². The maximum atomic E-state index is 10.6. The van der Waals surface area contributed by atoms with Crippen LogP contribution in [-0.4, -0.2) is 56.9 Å². The van der Waals surface area contributed by atoms with Crippen LogP contribution in [0, 0.1) is 5.92 Å². The number of methoxy groups -OCH3 is 2. The van der Waals surface area contributed by atoms with E-state index in [0.717, 1.165) is 22.6 Å². The van der Waals surface area contributed by atoms with Gasteiger partial charge in [0, 0.05) is 31.8 Å². The Kier molecular flexibility index (Phi) is 8.40. The number of ether oxygens (including phenoxy) is 5. The molecule has 0 aromatic heterocycles. The summed E-state index contributed by atoms with van der Waals surface area (Å²) in [5, 5.41) is 10.6. The van der Waals surface area contributed by atoms with E-state index in [4.69, 9.17) is 23.7 Å². The largest absolute Gasteiger partial charge is 0.493 e. The summed E-state index contributed by atoms with van der Waals surface area (Å²) in [5.41, 5.74) is 2.05. The van der Waals surface area contributed by atoms with Crippen molar-refractivity contribution in [3.8, 4) is 23.0 Å². The Bertz CT molecular complexity index is 841. The molecular weight excluding hydrogens is 398 g/mol. The number of rotatable bonds is 12. The average Bonchev–Trinajstić information content (AvgIpc) is 3.21. The number of hydrogen-bond donors (Lipinski definition) is 1. The van der Waals surface area contributed by atoms with Crippen molar-refractivity contribution in [3.05, 3.63) is 47.5 Å². The highest BCUT2D eigenvalue weighted by molar-refractivity contribution is 5.47. The van der Waals surface area contributed by atoms with Gasteiger partial charge in [0.15, 0.2) is 23.0 Å². The molecule has 0 saturated heterocycles. The van der Waals surface area contributed by atoms with Gasteiger partial charge < -0.3 is 28.8 Å². The number of aliphatic hydroxyl groups excluding tert-OH is 1. The normalized spacial score (nSPS) is 13.6. The second-order valence-electron chi connectivity index (χ2n) is 8.10. The summed E-state index contributed by atoms with van der Waals surface area (Å²) in [7, 11) is 3.26. The highest BCUT2D eigenvalue weighted by atomic mass is 16.7. The minimum absolute atomic E-state index is 0.245. The van der Waals surface area contributed by atoms with Gasteiger partial charge in [-0.15, -0.1) is 0 Å². The van der Waals surface area contributed by atoms with E-state index < -0.39 is 6.10 Å². The van der Waals surface area contributed by atoms with E-state index in [1.54, 1.807) is 14.2 Å². The molecule has 7 heteroatoms. The maximum absolute atomic E-state index is 10.6. The number of hydrogen-bond acceptors (Lipinski definition) is 7. The van der Waals surface area contributed by atoms with Crippen LogP contribution >= 0.6 is 0 Å². The summed E-state index contributed by atoms with van der Waals surface area (Å²) in [5.74, 6) is 3.32. The SMILES string of the molecule is COc1cccc(CN(Cc2ccc3c(c2)OCO3)CC(O)COCC(C)C)c1OC. The van der Waals surface area contributed by atoms with Gasteiger partial charge in [0.25, 0.3) is 0 Å². The number of aliphatic hydroxyl groups is 1. The highest BCUT2D eigenvalue weighted by Gasteiger charge is 2.19. The zero-order chi connectivity index (χ0) is 22.2. The molecule has 170 valence electrons. The third-order valence-electron chi connectivity index (χ3n) is 4.95. The molecule has 31 heavy (non-hydrogen) atoms. The first-order chi connectivity index (χ1) is 15.0. The maximum Gasteiger partial charge on any atom is 0.231 e. The molecule has 1 N–H and O–H groups in total. The summed E-state index contributed by atoms with van der Waals surface area (Å²) < 4.78 is 27.6. The van der Waals surface area contributed by atoms with Gasteiger partial charge in [-0.3, -0.25) is 4.90 Å². The Labute approximate surface area is 184 Å². The van der Waals surface area contributed by atoms with Crippen LogP contribution in [0.4, 0.5) is 0 Å². The third kappa shape index (κ3) is 6.50. The smallest absolute Gasteiger partial charge is 0.231 e. The molecular formula is C24H33NO6. The highest BCUT2D eigenvalue weighted by Crippen LogP contribution is 2.34. The van der Waals surface area contributed by atoms with Crippen LogP contribution in [0.15, 0.2) is 36.4 Å². The fraction of sp³-hybridized carbons (Fsp3) is 0.500. The molecule has 1 unspecified atom stereocenters. The van der Waals surface area contributed by atoms with Gasteiger partial charge in [-0.2, -0.15) is 0 Å². The van der Waals surface area contributed by atoms with Crippen molar-refractivity contribution in [1.29, 1.82) is 0 Å². The van der Waals surface area contributed by atoms with E-state index in [0.29, 0.717) is 50.3 Å². The Balaban J connectivity index is 1.75. The van der Waals surface area contributed by atoms with Gasteiger partial charge in [0.1, 0.15) is 0 Å². The fourth-order valence-electron chi connectivity index (χ4n) is 3.59. The van der Waals surface area contributed by atoms with Gasteiger partial charge >= 0.3 is 0 Å². The lowest BCUT2D eigenvalue weighted by Crippen LogP contribution is -2.34. The van der Waals surface area contributed by atoms with E-state index in [2.05, 4.69) is 18.7 Å². The summed E-state index contributed by atoms with van der Waals surface area (Å²) >= 11 is 0. The monoisotopic (exact) mass is 431 g/mol. The first-order valence-electron chi connectivity index (χ1n) is 10.6. The van der Waals surface area contributed by atoms with E-state index in [-0.39, 0.29) is 6.79 Å². The van der Waals surface area contributed by atoms with Crippen LogP contribution in [0.5, 0.6) is 23.0 Å². The zero-order valence-corrected chi connectivity index (χ0v) is 18.8. The van der Waals surface area contributed by atoms with Crippen molar-refractivity contribution in [2.75, 3.05) is 40.8 Å². The lowest BCUT2D eigenvalue weighted by atomic mass is 10.1. The second kappa shape index (κ2) is 11.2.